The fourth-order valence-corrected chi connectivity index (χ4v) is 3.58. The predicted octanol–water partition coefficient (Wildman–Crippen LogP) is 4.14. The molecule has 0 bridgehead atoms. The topological polar surface area (TPSA) is 62.2 Å². The zero-order valence-corrected chi connectivity index (χ0v) is 18.4. The Morgan fingerprint density at radius 3 is 2.57 bits per heavy atom. The maximum Gasteiger partial charge on any atom is 0.262 e. The summed E-state index contributed by atoms with van der Waals surface area (Å²) >= 11 is 6.04. The Balaban J connectivity index is 1.91. The van der Waals surface area contributed by atoms with Gasteiger partial charge in [0.2, 0.25) is 5.91 Å². The fraction of sp³-hybridized carbons (Fsp3) is 0.348. The number of amides is 2. The van der Waals surface area contributed by atoms with Crippen LogP contribution in [0.1, 0.15) is 37.4 Å². The van der Waals surface area contributed by atoms with Gasteiger partial charge in [-0.1, -0.05) is 49.7 Å². The smallest absolute Gasteiger partial charge is 0.262 e. The Labute approximate surface area is 182 Å². The molecule has 2 aromatic rings. The summed E-state index contributed by atoms with van der Waals surface area (Å²) in [5, 5.41) is 6.76. The molecular formula is C23H26ClN3O3. The van der Waals surface area contributed by atoms with Gasteiger partial charge >= 0.3 is 0 Å². The lowest BCUT2D eigenvalue weighted by Gasteiger charge is -2.25. The second-order valence-electron chi connectivity index (χ2n) is 7.64. The lowest BCUT2D eigenvalue weighted by Crippen LogP contribution is -2.40. The molecule has 1 unspecified atom stereocenters. The molecule has 0 saturated heterocycles. The molecule has 7 heteroatoms. The van der Waals surface area contributed by atoms with Crippen LogP contribution in [-0.2, 0) is 9.59 Å². The van der Waals surface area contributed by atoms with E-state index in [0.29, 0.717) is 11.4 Å². The molecule has 3 rings (SSSR count). The third-order valence-electron chi connectivity index (χ3n) is 5.07. The predicted molar refractivity (Wildman–Crippen MR) is 118 cm³/mol. The molecule has 2 aromatic carbocycles. The number of ether oxygens (including phenoxy) is 1. The highest BCUT2D eigenvalue weighted by Crippen LogP contribution is 2.34. The van der Waals surface area contributed by atoms with Crippen LogP contribution >= 0.6 is 11.6 Å². The van der Waals surface area contributed by atoms with Crippen molar-refractivity contribution < 1.29 is 14.3 Å². The molecule has 1 aliphatic rings. The molecule has 6 nitrogen and oxygen atoms in total. The van der Waals surface area contributed by atoms with Crippen molar-refractivity contribution in [2.45, 2.75) is 26.3 Å². The van der Waals surface area contributed by atoms with E-state index < -0.39 is 0 Å². The summed E-state index contributed by atoms with van der Waals surface area (Å²) in [4.78, 5) is 26.8. The van der Waals surface area contributed by atoms with Crippen molar-refractivity contribution in [1.82, 2.24) is 9.91 Å². The molecule has 0 radical (unpaired) electrons. The Kier molecular flexibility index (Phi) is 6.77. The first-order valence-corrected chi connectivity index (χ1v) is 10.2. The molecule has 0 fully saturated rings. The summed E-state index contributed by atoms with van der Waals surface area (Å²) in [6, 6.07) is 14.8. The van der Waals surface area contributed by atoms with Crippen LogP contribution < -0.4 is 4.74 Å². The lowest BCUT2D eigenvalue weighted by atomic mass is 9.98. The minimum absolute atomic E-state index is 0.0318. The number of hydrazone groups is 1. The normalized spacial score (nSPS) is 15.9. The fourth-order valence-electron chi connectivity index (χ4n) is 3.46. The number of likely N-dealkylation sites (N-methyl/N-ethyl adjacent to an activating group) is 1. The molecular weight excluding hydrogens is 402 g/mol. The summed E-state index contributed by atoms with van der Waals surface area (Å²) in [6.45, 7) is 3.60. The van der Waals surface area contributed by atoms with Crippen molar-refractivity contribution in [1.29, 1.82) is 0 Å². The first-order valence-electron chi connectivity index (χ1n) is 9.84. The maximum atomic E-state index is 13.1. The summed E-state index contributed by atoms with van der Waals surface area (Å²) in [6.07, 6.45) is 0.558. The quantitative estimate of drug-likeness (QED) is 0.696. The maximum absolute atomic E-state index is 13.1. The number of methoxy groups -OCH3 is 1. The van der Waals surface area contributed by atoms with Crippen molar-refractivity contribution in [2.24, 2.45) is 11.0 Å². The van der Waals surface area contributed by atoms with Crippen LogP contribution in [0.5, 0.6) is 5.75 Å². The highest BCUT2D eigenvalue weighted by atomic mass is 35.5. The van der Waals surface area contributed by atoms with Crippen molar-refractivity contribution in [2.75, 3.05) is 20.7 Å². The minimum atomic E-state index is -0.265. The van der Waals surface area contributed by atoms with Gasteiger partial charge in [0.25, 0.3) is 5.91 Å². The Morgan fingerprint density at radius 1 is 1.23 bits per heavy atom. The van der Waals surface area contributed by atoms with E-state index in [9.17, 15) is 9.59 Å². The molecule has 0 N–H and O–H groups in total. The Bertz CT molecular complexity index is 956. The SMILES string of the molecule is COc1cccc(C2=NN(C(=O)CN(C)C(=O)C(C)C)C(c3ccc(Cl)cc3)C2)c1. The second kappa shape index (κ2) is 9.30. The summed E-state index contributed by atoms with van der Waals surface area (Å²) in [5.41, 5.74) is 2.63. The zero-order chi connectivity index (χ0) is 21.8. The molecule has 1 atom stereocenters. The monoisotopic (exact) mass is 427 g/mol. The van der Waals surface area contributed by atoms with Crippen LogP contribution in [0.25, 0.3) is 0 Å². The van der Waals surface area contributed by atoms with Crippen LogP contribution in [0, 0.1) is 5.92 Å². The standard InChI is InChI=1S/C23H26ClN3O3/c1-15(2)23(29)26(3)14-22(28)27-21(16-8-10-18(24)11-9-16)13-20(25-27)17-6-5-7-19(12-17)30-4/h5-12,15,21H,13-14H2,1-4H3. The van der Waals surface area contributed by atoms with Crippen LogP contribution in [0.3, 0.4) is 0 Å². The molecule has 0 aliphatic carbocycles. The second-order valence-corrected chi connectivity index (χ2v) is 8.07. The molecule has 158 valence electrons. The average molecular weight is 428 g/mol. The average Bonchev–Trinajstić information content (AvgIpc) is 3.19. The van der Waals surface area contributed by atoms with Crippen molar-refractivity contribution in [3.63, 3.8) is 0 Å². The molecule has 2 amide bonds. The molecule has 0 saturated carbocycles. The van der Waals surface area contributed by atoms with Crippen molar-refractivity contribution >= 4 is 29.1 Å². The molecule has 0 spiro atoms. The highest BCUT2D eigenvalue weighted by molar-refractivity contribution is 6.30. The van der Waals surface area contributed by atoms with Gasteiger partial charge in [0.05, 0.1) is 18.9 Å². The van der Waals surface area contributed by atoms with Crippen LogP contribution in [-0.4, -0.2) is 48.1 Å². The van der Waals surface area contributed by atoms with Crippen LogP contribution in [0.2, 0.25) is 5.02 Å². The van der Waals surface area contributed by atoms with E-state index in [0.717, 1.165) is 22.6 Å². The van der Waals surface area contributed by atoms with Gasteiger partial charge < -0.3 is 9.64 Å². The van der Waals surface area contributed by atoms with Gasteiger partial charge in [0.15, 0.2) is 0 Å². The van der Waals surface area contributed by atoms with E-state index in [1.54, 1.807) is 26.3 Å². The molecule has 0 aromatic heterocycles. The summed E-state index contributed by atoms with van der Waals surface area (Å²) in [5.74, 6) is 0.238. The number of hydrogen-bond donors (Lipinski definition) is 0. The minimum Gasteiger partial charge on any atom is -0.497 e. The number of halogens is 1. The summed E-state index contributed by atoms with van der Waals surface area (Å²) in [7, 11) is 3.25. The van der Waals surface area contributed by atoms with E-state index in [1.165, 1.54) is 9.91 Å². The number of hydrogen-bond acceptors (Lipinski definition) is 4. The van der Waals surface area contributed by atoms with Gasteiger partial charge in [-0.25, -0.2) is 5.01 Å². The first-order chi connectivity index (χ1) is 14.3. The zero-order valence-electron chi connectivity index (χ0n) is 17.6. The van der Waals surface area contributed by atoms with Crippen molar-refractivity contribution in [3.8, 4) is 5.75 Å². The first kappa shape index (κ1) is 21.8. The van der Waals surface area contributed by atoms with E-state index in [2.05, 4.69) is 5.10 Å². The largest absolute Gasteiger partial charge is 0.497 e. The van der Waals surface area contributed by atoms with E-state index in [4.69, 9.17) is 16.3 Å². The highest BCUT2D eigenvalue weighted by Gasteiger charge is 2.34. The number of rotatable bonds is 6. The van der Waals surface area contributed by atoms with E-state index in [-0.39, 0.29) is 30.3 Å². The van der Waals surface area contributed by atoms with Gasteiger partial charge in [-0.15, -0.1) is 0 Å². The van der Waals surface area contributed by atoms with Gasteiger partial charge in [0, 0.05) is 30.0 Å². The lowest BCUT2D eigenvalue weighted by molar-refractivity contribution is -0.142. The van der Waals surface area contributed by atoms with Gasteiger partial charge in [0.1, 0.15) is 12.3 Å². The van der Waals surface area contributed by atoms with Crippen molar-refractivity contribution in [3.05, 3.63) is 64.7 Å². The van der Waals surface area contributed by atoms with Crippen LogP contribution in [0.4, 0.5) is 0 Å². The third kappa shape index (κ3) is 4.82. The molecule has 1 heterocycles. The van der Waals surface area contributed by atoms with Crippen LogP contribution in [0.15, 0.2) is 53.6 Å². The van der Waals surface area contributed by atoms with Gasteiger partial charge in [-0.2, -0.15) is 5.10 Å². The van der Waals surface area contributed by atoms with Gasteiger partial charge in [-0.3, -0.25) is 9.59 Å². The third-order valence-corrected chi connectivity index (χ3v) is 5.32. The number of carbonyl (C=O) groups is 2. The summed E-state index contributed by atoms with van der Waals surface area (Å²) < 4.78 is 5.32. The number of benzene rings is 2. The molecule has 1 aliphatic heterocycles. The number of nitrogens with zero attached hydrogens (tertiary/aromatic N) is 3. The van der Waals surface area contributed by atoms with E-state index in [1.807, 2.05) is 50.2 Å². The Hall–Kier alpha value is -2.86. The Morgan fingerprint density at radius 2 is 1.93 bits per heavy atom. The van der Waals surface area contributed by atoms with E-state index >= 15 is 0 Å². The molecule has 30 heavy (non-hydrogen) atoms. The van der Waals surface area contributed by atoms with Gasteiger partial charge in [-0.05, 0) is 29.8 Å². The number of carbonyl (C=O) groups excluding carboxylic acids is 2.